The van der Waals surface area contributed by atoms with Gasteiger partial charge in [0.1, 0.15) is 11.6 Å². The zero-order valence-corrected chi connectivity index (χ0v) is 21.5. The number of nitrogens with zero attached hydrogens (tertiary/aromatic N) is 5. The molecule has 0 radical (unpaired) electrons. The van der Waals surface area contributed by atoms with Crippen LogP contribution >= 0.6 is 0 Å². The maximum Gasteiger partial charge on any atom is 0.451 e. The van der Waals surface area contributed by atoms with Crippen LogP contribution in [0.4, 0.5) is 24.8 Å². The number of halogens is 3. The predicted octanol–water partition coefficient (Wildman–Crippen LogP) is 4.12. The molecule has 4 rings (SSSR count). The molecule has 10 heteroatoms. The van der Waals surface area contributed by atoms with Crippen LogP contribution in [0.3, 0.4) is 0 Å². The summed E-state index contributed by atoms with van der Waals surface area (Å²) in [6.45, 7) is 6.29. The molecule has 3 heterocycles. The van der Waals surface area contributed by atoms with E-state index < -0.39 is 12.0 Å². The minimum Gasteiger partial charge on any atom is -0.358 e. The van der Waals surface area contributed by atoms with Crippen LogP contribution in [0.1, 0.15) is 51.3 Å². The first kappa shape index (κ1) is 25.1. The van der Waals surface area contributed by atoms with Gasteiger partial charge in [0.25, 0.3) is 0 Å². The third kappa shape index (κ3) is 5.99. The molecule has 1 aromatic heterocycles. The normalized spacial score (nSPS) is 31.7. The fraction of sp³-hybridized carbons (Fsp3) is 0.826. The molecule has 2 saturated heterocycles. The third-order valence-corrected chi connectivity index (χ3v) is 10.5. The zero-order valence-electron chi connectivity index (χ0n) is 19.9. The van der Waals surface area contributed by atoms with Crippen molar-refractivity contribution in [3.63, 3.8) is 0 Å². The Morgan fingerprint density at radius 3 is 2.73 bits per heavy atom. The van der Waals surface area contributed by atoms with Gasteiger partial charge in [0.05, 0.1) is 0 Å². The molecule has 33 heavy (non-hydrogen) atoms. The number of rotatable bonds is 4. The Balaban J connectivity index is 1.59. The van der Waals surface area contributed by atoms with E-state index in [1.807, 2.05) is 11.9 Å². The minimum absolute atomic E-state index is 0.162. The Hall–Kier alpha value is -1.00. The van der Waals surface area contributed by atoms with Gasteiger partial charge >= 0.3 is 6.18 Å². The summed E-state index contributed by atoms with van der Waals surface area (Å²) in [5.74, 6) is 1.34. The predicted molar refractivity (Wildman–Crippen MR) is 133 cm³/mol. The lowest BCUT2D eigenvalue weighted by atomic mass is 9.66. The molecule has 3 aliphatic rings. The van der Waals surface area contributed by atoms with Gasteiger partial charge in [-0.25, -0.2) is 9.97 Å². The van der Waals surface area contributed by atoms with Crippen LogP contribution in [0.25, 0.3) is 0 Å². The van der Waals surface area contributed by atoms with Crippen LogP contribution in [0.15, 0.2) is 6.07 Å². The van der Waals surface area contributed by atoms with E-state index in [4.69, 9.17) is 11.2 Å². The average Bonchev–Trinajstić information content (AvgIpc) is 2.75. The third-order valence-electron chi connectivity index (χ3n) is 7.55. The second kappa shape index (κ2) is 9.93. The van der Waals surface area contributed by atoms with Gasteiger partial charge in [0.15, 0.2) is 0 Å². The van der Waals surface area contributed by atoms with Crippen molar-refractivity contribution in [1.29, 1.82) is 0 Å². The lowest BCUT2D eigenvalue weighted by molar-refractivity contribution is -0.144. The van der Waals surface area contributed by atoms with Crippen molar-refractivity contribution in [3.8, 4) is 0 Å². The lowest BCUT2D eigenvalue weighted by Gasteiger charge is -2.47. The SMILES string of the molecule is CC1CCCC2(CCCN(c3cc(N(C)CC4CN(C)CCS4=S)nc(C(F)(F)F)n3)C2)C1. The lowest BCUT2D eigenvalue weighted by Crippen LogP contribution is -2.47. The molecule has 1 spiro atoms. The van der Waals surface area contributed by atoms with E-state index in [1.165, 1.54) is 12.8 Å². The molecule has 4 unspecified atom stereocenters. The van der Waals surface area contributed by atoms with Crippen molar-refractivity contribution in [2.24, 2.45) is 11.3 Å². The summed E-state index contributed by atoms with van der Waals surface area (Å²) in [4.78, 5) is 14.1. The van der Waals surface area contributed by atoms with Crippen molar-refractivity contribution in [2.45, 2.75) is 56.9 Å². The van der Waals surface area contributed by atoms with E-state index >= 15 is 0 Å². The van der Waals surface area contributed by atoms with E-state index in [9.17, 15) is 13.2 Å². The summed E-state index contributed by atoms with van der Waals surface area (Å²) in [5.41, 5.74) is 0.203. The van der Waals surface area contributed by atoms with Crippen LogP contribution in [0, 0.1) is 11.3 Å². The molecule has 1 aromatic rings. The van der Waals surface area contributed by atoms with Gasteiger partial charge in [-0.1, -0.05) is 31.0 Å². The van der Waals surface area contributed by atoms with Gasteiger partial charge < -0.3 is 14.7 Å². The molecule has 5 nitrogen and oxygen atoms in total. The van der Waals surface area contributed by atoms with Gasteiger partial charge in [-0.15, -0.1) is 9.45 Å². The van der Waals surface area contributed by atoms with Gasteiger partial charge in [0.2, 0.25) is 5.82 Å². The molecule has 1 aliphatic carbocycles. The Bertz CT molecular complexity index is 863. The second-order valence-electron chi connectivity index (χ2n) is 10.5. The van der Waals surface area contributed by atoms with Crippen molar-refractivity contribution >= 4 is 32.3 Å². The number of anilines is 2. The highest BCUT2D eigenvalue weighted by atomic mass is 32.8. The van der Waals surface area contributed by atoms with E-state index in [2.05, 4.69) is 33.7 Å². The molecule has 0 N–H and O–H groups in total. The van der Waals surface area contributed by atoms with Crippen LogP contribution in [-0.4, -0.2) is 72.7 Å². The van der Waals surface area contributed by atoms with E-state index in [-0.39, 0.29) is 20.1 Å². The Labute approximate surface area is 202 Å². The maximum atomic E-state index is 13.8. The summed E-state index contributed by atoms with van der Waals surface area (Å²) in [7, 11) is 3.74. The highest BCUT2D eigenvalue weighted by molar-refractivity contribution is 8.29. The summed E-state index contributed by atoms with van der Waals surface area (Å²) < 4.78 is 41.3. The number of aromatic nitrogens is 2. The monoisotopic (exact) mass is 503 g/mol. The van der Waals surface area contributed by atoms with Gasteiger partial charge in [-0.3, -0.25) is 0 Å². The van der Waals surface area contributed by atoms with E-state index in [0.717, 1.165) is 57.6 Å². The molecule has 4 atom stereocenters. The highest BCUT2D eigenvalue weighted by Crippen LogP contribution is 2.46. The van der Waals surface area contributed by atoms with E-state index in [1.54, 1.807) is 6.07 Å². The molecular formula is C23H36F3N5S2. The summed E-state index contributed by atoms with van der Waals surface area (Å²) in [5, 5.41) is 0.249. The molecule has 0 aromatic carbocycles. The Morgan fingerprint density at radius 2 is 2.00 bits per heavy atom. The first-order valence-corrected chi connectivity index (χ1v) is 14.4. The molecular weight excluding hydrogens is 467 g/mol. The molecule has 0 amide bonds. The van der Waals surface area contributed by atoms with Crippen molar-refractivity contribution in [1.82, 2.24) is 14.9 Å². The molecule has 1 saturated carbocycles. The summed E-state index contributed by atoms with van der Waals surface area (Å²) >= 11 is 5.68. The smallest absolute Gasteiger partial charge is 0.358 e. The van der Waals surface area contributed by atoms with Crippen LogP contribution in [-0.2, 0) is 26.8 Å². The second-order valence-corrected chi connectivity index (χ2v) is 13.6. The van der Waals surface area contributed by atoms with Gasteiger partial charge in [-0.05, 0) is 44.1 Å². The van der Waals surface area contributed by atoms with Crippen LogP contribution in [0.5, 0.6) is 0 Å². The minimum atomic E-state index is -4.58. The molecule has 0 bridgehead atoms. The van der Waals surface area contributed by atoms with Crippen LogP contribution in [0.2, 0.25) is 0 Å². The molecule has 3 fully saturated rings. The number of alkyl halides is 3. The maximum absolute atomic E-state index is 13.8. The van der Waals surface area contributed by atoms with Crippen molar-refractivity contribution in [3.05, 3.63) is 11.9 Å². The Morgan fingerprint density at radius 1 is 1.24 bits per heavy atom. The standard InChI is InChI=1S/C23H36F3N5S2/c1-17-6-4-7-22(13-17)8-5-9-31(16-22)20-12-19(27-21(28-20)23(24,25)26)30(3)15-18-14-29(2)10-11-33(18)32/h12,17-18H,4-11,13-16H2,1-3H3. The van der Waals surface area contributed by atoms with Gasteiger partial charge in [0, 0.05) is 56.8 Å². The first-order chi connectivity index (χ1) is 15.5. The first-order valence-electron chi connectivity index (χ1n) is 12.0. The fourth-order valence-corrected chi connectivity index (χ4v) is 8.15. The highest BCUT2D eigenvalue weighted by Gasteiger charge is 2.41. The summed E-state index contributed by atoms with van der Waals surface area (Å²) in [6.07, 6.45) is 2.36. The van der Waals surface area contributed by atoms with Gasteiger partial charge in [-0.2, -0.15) is 13.2 Å². The largest absolute Gasteiger partial charge is 0.451 e. The van der Waals surface area contributed by atoms with Crippen molar-refractivity contribution < 1.29 is 13.2 Å². The zero-order chi connectivity index (χ0) is 23.8. The number of hydrogen-bond donors (Lipinski definition) is 0. The quantitative estimate of drug-likeness (QED) is 0.615. The molecule has 2 aliphatic heterocycles. The fourth-order valence-electron chi connectivity index (χ4n) is 5.92. The summed E-state index contributed by atoms with van der Waals surface area (Å²) in [6, 6.07) is 1.76. The average molecular weight is 504 g/mol. The topological polar surface area (TPSA) is 35.5 Å². The van der Waals surface area contributed by atoms with Crippen molar-refractivity contribution in [2.75, 3.05) is 62.4 Å². The Kier molecular flexibility index (Phi) is 7.56. The number of hydrogen-bond acceptors (Lipinski definition) is 6. The molecule has 186 valence electrons. The van der Waals surface area contributed by atoms with E-state index in [0.29, 0.717) is 24.1 Å². The number of piperidine rings is 1. The van der Waals surface area contributed by atoms with Crippen LogP contribution < -0.4 is 9.80 Å².